The summed E-state index contributed by atoms with van der Waals surface area (Å²) in [5, 5.41) is 2.97. The molecule has 0 saturated carbocycles. The monoisotopic (exact) mass is 243 g/mol. The fraction of sp³-hybridized carbons (Fsp3) is 0.438. The van der Waals surface area contributed by atoms with Crippen molar-refractivity contribution in [1.29, 1.82) is 0 Å². The molecule has 18 heavy (non-hydrogen) atoms. The van der Waals surface area contributed by atoms with E-state index in [-0.39, 0.29) is 5.91 Å². The summed E-state index contributed by atoms with van der Waals surface area (Å²) in [5.41, 5.74) is 2.23. The van der Waals surface area contributed by atoms with Crippen molar-refractivity contribution in [2.75, 3.05) is 5.32 Å². The quantitative estimate of drug-likeness (QED) is 0.780. The number of aryl methyl sites for hydroxylation is 1. The summed E-state index contributed by atoms with van der Waals surface area (Å²) >= 11 is 0. The van der Waals surface area contributed by atoms with Gasteiger partial charge in [0, 0.05) is 12.1 Å². The molecule has 2 nitrogen and oxygen atoms in total. The summed E-state index contributed by atoms with van der Waals surface area (Å²) in [6.45, 7) is 2.17. The molecule has 0 saturated heterocycles. The molecular weight excluding hydrogens is 222 g/mol. The van der Waals surface area contributed by atoms with Crippen molar-refractivity contribution in [3.05, 3.63) is 42.0 Å². The van der Waals surface area contributed by atoms with Gasteiger partial charge < -0.3 is 5.32 Å². The zero-order valence-electron chi connectivity index (χ0n) is 11.0. The van der Waals surface area contributed by atoms with Gasteiger partial charge >= 0.3 is 0 Å². The Labute approximate surface area is 109 Å². The van der Waals surface area contributed by atoms with Crippen LogP contribution < -0.4 is 5.32 Å². The van der Waals surface area contributed by atoms with Crippen LogP contribution in [0.4, 0.5) is 5.69 Å². The minimum absolute atomic E-state index is 0.120. The number of amides is 1. The molecule has 0 bridgehead atoms. The number of hydrogen-bond acceptors (Lipinski definition) is 1. The molecule has 1 amide bonds. The third-order valence-electron chi connectivity index (χ3n) is 3.34. The second-order valence-corrected chi connectivity index (χ2v) is 4.96. The number of carbonyl (C=O) groups excluding carboxylic acids is 1. The van der Waals surface area contributed by atoms with Crippen LogP contribution in [0, 0.1) is 5.92 Å². The van der Waals surface area contributed by atoms with E-state index in [2.05, 4.69) is 36.5 Å². The summed E-state index contributed by atoms with van der Waals surface area (Å²) in [5.74, 6) is 0.555. The predicted molar refractivity (Wildman–Crippen MR) is 75.5 cm³/mol. The molecule has 2 heteroatoms. The number of carbonyl (C=O) groups is 1. The number of nitrogens with one attached hydrogen (secondary N) is 1. The molecular formula is C16H21NO. The van der Waals surface area contributed by atoms with E-state index in [0.717, 1.165) is 31.4 Å². The molecule has 2 rings (SSSR count). The number of rotatable bonds is 5. The zero-order valence-corrected chi connectivity index (χ0v) is 11.0. The number of hydrogen-bond donors (Lipinski definition) is 1. The molecule has 0 spiro atoms. The average Bonchev–Trinajstić information content (AvgIpc) is 2.84. The van der Waals surface area contributed by atoms with E-state index >= 15 is 0 Å². The van der Waals surface area contributed by atoms with Crippen LogP contribution >= 0.6 is 0 Å². The zero-order chi connectivity index (χ0) is 12.8. The standard InChI is InChI=1S/C16H21NO/c1-2-5-13-8-10-15(11-9-13)17-16(18)12-14-6-3-4-7-14/h3,6,8-11,14H,2,4-5,7,12H2,1H3,(H,17,18). The summed E-state index contributed by atoms with van der Waals surface area (Å²) in [6, 6.07) is 8.17. The Morgan fingerprint density at radius 1 is 1.33 bits per heavy atom. The molecule has 96 valence electrons. The van der Waals surface area contributed by atoms with Gasteiger partial charge in [-0.3, -0.25) is 4.79 Å². The third kappa shape index (κ3) is 3.73. The van der Waals surface area contributed by atoms with Gasteiger partial charge in [0.1, 0.15) is 0 Å². The Hall–Kier alpha value is -1.57. The van der Waals surface area contributed by atoms with Crippen molar-refractivity contribution in [3.63, 3.8) is 0 Å². The van der Waals surface area contributed by atoms with Crippen molar-refractivity contribution in [1.82, 2.24) is 0 Å². The first kappa shape index (κ1) is 12.9. The molecule has 1 aliphatic rings. The molecule has 0 aliphatic heterocycles. The van der Waals surface area contributed by atoms with Crippen LogP contribution in [0.5, 0.6) is 0 Å². The van der Waals surface area contributed by atoms with Gasteiger partial charge in [-0.2, -0.15) is 0 Å². The third-order valence-corrected chi connectivity index (χ3v) is 3.34. The molecule has 0 heterocycles. The second-order valence-electron chi connectivity index (χ2n) is 4.96. The number of anilines is 1. The Balaban J connectivity index is 1.84. The number of benzene rings is 1. The summed E-state index contributed by atoms with van der Waals surface area (Å²) in [4.78, 5) is 11.8. The van der Waals surface area contributed by atoms with Crippen molar-refractivity contribution >= 4 is 11.6 Å². The van der Waals surface area contributed by atoms with Crippen LogP contribution in [-0.2, 0) is 11.2 Å². The number of allylic oxidation sites excluding steroid dienone is 2. The van der Waals surface area contributed by atoms with E-state index in [0.29, 0.717) is 12.3 Å². The van der Waals surface area contributed by atoms with Crippen molar-refractivity contribution in [2.24, 2.45) is 5.92 Å². The van der Waals surface area contributed by atoms with Gasteiger partial charge in [0.05, 0.1) is 0 Å². The highest BCUT2D eigenvalue weighted by Crippen LogP contribution is 2.21. The van der Waals surface area contributed by atoms with Gasteiger partial charge in [-0.05, 0) is 42.9 Å². The van der Waals surface area contributed by atoms with Gasteiger partial charge in [-0.15, -0.1) is 0 Å². The van der Waals surface area contributed by atoms with Gasteiger partial charge in [0.2, 0.25) is 5.91 Å². The summed E-state index contributed by atoms with van der Waals surface area (Å²) < 4.78 is 0. The minimum Gasteiger partial charge on any atom is -0.326 e. The molecule has 1 aliphatic carbocycles. The van der Waals surface area contributed by atoms with Crippen molar-refractivity contribution < 1.29 is 4.79 Å². The lowest BCUT2D eigenvalue weighted by molar-refractivity contribution is -0.116. The van der Waals surface area contributed by atoms with Crippen LogP contribution in [0.25, 0.3) is 0 Å². The molecule has 1 N–H and O–H groups in total. The summed E-state index contributed by atoms with van der Waals surface area (Å²) in [7, 11) is 0. The van der Waals surface area contributed by atoms with Crippen molar-refractivity contribution in [2.45, 2.75) is 39.0 Å². The second kappa shape index (κ2) is 6.39. The van der Waals surface area contributed by atoms with Crippen LogP contribution in [0.15, 0.2) is 36.4 Å². The Bertz CT molecular complexity index is 419. The highest BCUT2D eigenvalue weighted by Gasteiger charge is 2.13. The topological polar surface area (TPSA) is 29.1 Å². The van der Waals surface area contributed by atoms with Crippen LogP contribution in [0.1, 0.15) is 38.2 Å². The van der Waals surface area contributed by atoms with E-state index < -0.39 is 0 Å². The predicted octanol–water partition coefficient (Wildman–Crippen LogP) is 3.93. The lowest BCUT2D eigenvalue weighted by atomic mass is 10.0. The van der Waals surface area contributed by atoms with Gasteiger partial charge in [-0.25, -0.2) is 0 Å². The first-order chi connectivity index (χ1) is 8.78. The van der Waals surface area contributed by atoms with Gasteiger partial charge in [0.25, 0.3) is 0 Å². The van der Waals surface area contributed by atoms with E-state index in [9.17, 15) is 4.79 Å². The fourth-order valence-corrected chi connectivity index (χ4v) is 2.36. The Morgan fingerprint density at radius 3 is 2.72 bits per heavy atom. The molecule has 1 unspecified atom stereocenters. The fourth-order valence-electron chi connectivity index (χ4n) is 2.36. The largest absolute Gasteiger partial charge is 0.326 e. The van der Waals surface area contributed by atoms with Gasteiger partial charge in [-0.1, -0.05) is 37.6 Å². The van der Waals surface area contributed by atoms with E-state index in [1.165, 1.54) is 5.56 Å². The van der Waals surface area contributed by atoms with Crippen LogP contribution in [-0.4, -0.2) is 5.91 Å². The van der Waals surface area contributed by atoms with Crippen LogP contribution in [0.3, 0.4) is 0 Å². The lowest BCUT2D eigenvalue weighted by Crippen LogP contribution is -2.14. The minimum atomic E-state index is 0.120. The normalized spacial score (nSPS) is 17.9. The first-order valence-corrected chi connectivity index (χ1v) is 6.83. The molecule has 0 aromatic heterocycles. The van der Waals surface area contributed by atoms with Gasteiger partial charge in [0.15, 0.2) is 0 Å². The molecule has 0 radical (unpaired) electrons. The van der Waals surface area contributed by atoms with Crippen LogP contribution in [0.2, 0.25) is 0 Å². The first-order valence-electron chi connectivity index (χ1n) is 6.83. The molecule has 1 aromatic carbocycles. The molecule has 1 atom stereocenters. The maximum Gasteiger partial charge on any atom is 0.224 e. The average molecular weight is 243 g/mol. The maximum absolute atomic E-state index is 11.8. The lowest BCUT2D eigenvalue weighted by Gasteiger charge is -2.09. The molecule has 0 fully saturated rings. The van der Waals surface area contributed by atoms with E-state index in [1.807, 2.05) is 12.1 Å². The SMILES string of the molecule is CCCc1ccc(NC(=O)CC2C=CCC2)cc1. The summed E-state index contributed by atoms with van der Waals surface area (Å²) in [6.07, 6.45) is 9.40. The highest BCUT2D eigenvalue weighted by molar-refractivity contribution is 5.91. The molecule has 1 aromatic rings. The maximum atomic E-state index is 11.8. The Kier molecular flexibility index (Phi) is 4.57. The van der Waals surface area contributed by atoms with Crippen molar-refractivity contribution in [3.8, 4) is 0 Å². The Morgan fingerprint density at radius 2 is 2.11 bits per heavy atom. The van der Waals surface area contributed by atoms with E-state index in [4.69, 9.17) is 0 Å². The highest BCUT2D eigenvalue weighted by atomic mass is 16.1. The smallest absolute Gasteiger partial charge is 0.224 e. The van der Waals surface area contributed by atoms with E-state index in [1.54, 1.807) is 0 Å².